The van der Waals surface area contributed by atoms with E-state index in [0.717, 1.165) is 21.7 Å². The van der Waals surface area contributed by atoms with Crippen LogP contribution in [0.3, 0.4) is 0 Å². The first kappa shape index (κ1) is 27.1. The van der Waals surface area contributed by atoms with Crippen molar-refractivity contribution in [3.63, 3.8) is 0 Å². The van der Waals surface area contributed by atoms with Gasteiger partial charge >= 0.3 is 0 Å². The fourth-order valence-corrected chi connectivity index (χ4v) is 6.68. The largest absolute Gasteiger partial charge is 0.350 e. The molecule has 0 bridgehead atoms. The molecule has 0 saturated heterocycles. The van der Waals surface area contributed by atoms with Crippen LogP contribution >= 0.6 is 23.1 Å². The topological polar surface area (TPSA) is 67.2 Å². The molecule has 1 unspecified atom stereocenters. The average Bonchev–Trinajstić information content (AvgIpc) is 3.54. The Morgan fingerprint density at radius 3 is 2.33 bits per heavy atom. The minimum absolute atomic E-state index is 0.167. The van der Waals surface area contributed by atoms with Gasteiger partial charge in [-0.15, -0.1) is 23.1 Å². The predicted molar refractivity (Wildman–Crippen MR) is 151 cm³/mol. The van der Waals surface area contributed by atoms with Gasteiger partial charge in [-0.05, 0) is 53.4 Å². The molecule has 4 aromatic rings. The first-order valence-electron chi connectivity index (χ1n) is 12.5. The zero-order valence-electron chi connectivity index (χ0n) is 21.8. The molecule has 1 aliphatic heterocycles. The number of aromatic nitrogens is 2. The van der Waals surface area contributed by atoms with E-state index in [0.29, 0.717) is 11.5 Å². The molecule has 0 fully saturated rings. The lowest BCUT2D eigenvalue weighted by Gasteiger charge is -2.24. The summed E-state index contributed by atoms with van der Waals surface area (Å²) in [5, 5.41) is 9.66. The van der Waals surface area contributed by atoms with E-state index < -0.39 is 0 Å². The van der Waals surface area contributed by atoms with Crippen molar-refractivity contribution in [3.8, 4) is 5.69 Å². The fraction of sp³-hybridized carbons (Fsp3) is 0.276. The Hall–Kier alpha value is -3.50. The van der Waals surface area contributed by atoms with Crippen LogP contribution in [0.1, 0.15) is 47.7 Å². The second-order valence-electron chi connectivity index (χ2n) is 10.3. The maximum Gasteiger partial charge on any atom is 0.240 e. The van der Waals surface area contributed by atoms with Crippen molar-refractivity contribution in [1.29, 1.82) is 0 Å². The van der Waals surface area contributed by atoms with Gasteiger partial charge in [0.2, 0.25) is 11.8 Å². The molecule has 1 atom stereocenters. The van der Waals surface area contributed by atoms with E-state index in [1.165, 1.54) is 40.9 Å². The summed E-state index contributed by atoms with van der Waals surface area (Å²) in [4.78, 5) is 29.4. The molecule has 0 aliphatic carbocycles. The fourth-order valence-electron chi connectivity index (χ4n) is 4.50. The van der Waals surface area contributed by atoms with E-state index in [1.54, 1.807) is 40.3 Å². The van der Waals surface area contributed by atoms with Crippen molar-refractivity contribution < 1.29 is 18.4 Å². The number of nitrogens with zero attached hydrogens (tertiary/aromatic N) is 3. The highest BCUT2D eigenvalue weighted by atomic mass is 32.2. The Morgan fingerprint density at radius 1 is 1.05 bits per heavy atom. The highest BCUT2D eigenvalue weighted by Crippen LogP contribution is 2.49. The molecule has 2 amide bonds. The van der Waals surface area contributed by atoms with Gasteiger partial charge in [0.15, 0.2) is 0 Å². The van der Waals surface area contributed by atoms with Gasteiger partial charge in [0.25, 0.3) is 0 Å². The van der Waals surface area contributed by atoms with Crippen LogP contribution < -0.4 is 10.2 Å². The molecule has 39 heavy (non-hydrogen) atoms. The second kappa shape index (κ2) is 10.9. The lowest BCUT2D eigenvalue weighted by molar-refractivity contribution is -0.123. The Morgan fingerprint density at radius 2 is 1.72 bits per heavy atom. The highest BCUT2D eigenvalue weighted by molar-refractivity contribution is 8.00. The number of carbonyl (C=O) groups is 2. The Bertz CT molecular complexity index is 1480. The predicted octanol–water partition coefficient (Wildman–Crippen LogP) is 6.00. The van der Waals surface area contributed by atoms with Crippen LogP contribution in [-0.2, 0) is 21.5 Å². The summed E-state index contributed by atoms with van der Waals surface area (Å²) in [6.07, 6.45) is 0. The van der Waals surface area contributed by atoms with Gasteiger partial charge in [0, 0.05) is 22.4 Å². The third kappa shape index (κ3) is 5.77. The zero-order chi connectivity index (χ0) is 27.7. The molecular weight excluding hydrogens is 538 g/mol. The number of anilines is 1. The molecule has 5 rings (SSSR count). The molecule has 202 valence electrons. The van der Waals surface area contributed by atoms with E-state index in [9.17, 15) is 18.4 Å². The Kier molecular flexibility index (Phi) is 7.59. The number of nitrogens with one attached hydrogen (secondary N) is 1. The van der Waals surface area contributed by atoms with Crippen molar-refractivity contribution in [2.24, 2.45) is 0 Å². The van der Waals surface area contributed by atoms with Gasteiger partial charge in [0.05, 0.1) is 22.4 Å². The molecule has 10 heteroatoms. The third-order valence-electron chi connectivity index (χ3n) is 6.38. The minimum atomic E-state index is -0.381. The quantitative estimate of drug-likeness (QED) is 0.311. The standard InChI is InChI=1S/C29H28F2N4O2S2/c1-29(2,3)27-25-26(22-5-4-14-38-22)39-17-24(37)34(16-23(36)32-15-18-6-8-19(30)9-7-18)28(25)35(33-27)21-12-10-20(31)11-13-21/h4-14,26H,15-17H2,1-3H3,(H,32,36). The third-order valence-corrected chi connectivity index (χ3v) is 8.70. The molecule has 1 N–H and O–H groups in total. The number of thioether (sulfide) groups is 1. The number of halogens is 2. The summed E-state index contributed by atoms with van der Waals surface area (Å²) in [6, 6.07) is 15.8. The van der Waals surface area contributed by atoms with Crippen LogP contribution in [0.15, 0.2) is 66.0 Å². The summed E-state index contributed by atoms with van der Waals surface area (Å²) in [6.45, 7) is 6.17. The van der Waals surface area contributed by atoms with Crippen LogP contribution in [-0.4, -0.2) is 33.9 Å². The lowest BCUT2D eigenvalue weighted by Crippen LogP contribution is -2.42. The lowest BCUT2D eigenvalue weighted by atomic mass is 9.88. The molecule has 6 nitrogen and oxygen atoms in total. The van der Waals surface area contributed by atoms with Crippen molar-refractivity contribution in [2.45, 2.75) is 38.0 Å². The molecule has 0 spiro atoms. The van der Waals surface area contributed by atoms with E-state index in [4.69, 9.17) is 5.10 Å². The summed E-state index contributed by atoms with van der Waals surface area (Å²) >= 11 is 3.12. The normalized spacial score (nSPS) is 15.7. The van der Waals surface area contributed by atoms with Crippen LogP contribution in [0.4, 0.5) is 14.6 Å². The number of thiophene rings is 1. The van der Waals surface area contributed by atoms with Gasteiger partial charge in [-0.1, -0.05) is 39.0 Å². The summed E-state index contributed by atoms with van der Waals surface area (Å²) in [7, 11) is 0. The number of benzene rings is 2. The number of carbonyl (C=O) groups excluding carboxylic acids is 2. The van der Waals surface area contributed by atoms with E-state index in [2.05, 4.69) is 26.1 Å². The Balaban J connectivity index is 1.60. The maximum atomic E-state index is 13.8. The molecule has 2 aromatic carbocycles. The summed E-state index contributed by atoms with van der Waals surface area (Å²) in [5.74, 6) is -0.627. The summed E-state index contributed by atoms with van der Waals surface area (Å²) < 4.78 is 28.8. The van der Waals surface area contributed by atoms with Gasteiger partial charge in [0.1, 0.15) is 24.0 Å². The maximum absolute atomic E-state index is 13.8. The van der Waals surface area contributed by atoms with E-state index >= 15 is 0 Å². The van der Waals surface area contributed by atoms with Gasteiger partial charge in [-0.2, -0.15) is 5.10 Å². The molecular formula is C29H28F2N4O2S2. The molecule has 0 radical (unpaired) electrons. The van der Waals surface area contributed by atoms with Crippen LogP contribution in [0.25, 0.3) is 5.69 Å². The van der Waals surface area contributed by atoms with Crippen molar-refractivity contribution in [2.75, 3.05) is 17.2 Å². The van der Waals surface area contributed by atoms with Crippen molar-refractivity contribution in [3.05, 3.63) is 99.4 Å². The molecule has 0 saturated carbocycles. The smallest absolute Gasteiger partial charge is 0.240 e. The van der Waals surface area contributed by atoms with Gasteiger partial charge in [-0.3, -0.25) is 14.5 Å². The number of hydrogen-bond donors (Lipinski definition) is 1. The van der Waals surface area contributed by atoms with Crippen molar-refractivity contribution >= 4 is 40.7 Å². The Labute approximate surface area is 234 Å². The van der Waals surface area contributed by atoms with Crippen LogP contribution in [0, 0.1) is 11.6 Å². The molecule has 2 aromatic heterocycles. The number of amides is 2. The van der Waals surface area contributed by atoms with E-state index in [1.807, 2.05) is 17.5 Å². The number of fused-ring (bicyclic) bond motifs is 1. The van der Waals surface area contributed by atoms with Crippen LogP contribution in [0.5, 0.6) is 0 Å². The SMILES string of the molecule is CC(C)(C)c1nn(-c2ccc(F)cc2)c2c1C(c1cccs1)SCC(=O)N2CC(=O)NCc1ccc(F)cc1. The zero-order valence-corrected chi connectivity index (χ0v) is 23.4. The van der Waals surface area contributed by atoms with Crippen molar-refractivity contribution in [1.82, 2.24) is 15.1 Å². The minimum Gasteiger partial charge on any atom is -0.350 e. The first-order valence-corrected chi connectivity index (χ1v) is 14.4. The van der Waals surface area contributed by atoms with Gasteiger partial charge in [-0.25, -0.2) is 13.5 Å². The van der Waals surface area contributed by atoms with E-state index in [-0.39, 0.29) is 53.0 Å². The monoisotopic (exact) mass is 566 g/mol. The summed E-state index contributed by atoms with van der Waals surface area (Å²) in [5.41, 5.74) is 2.63. The van der Waals surface area contributed by atoms with Crippen LogP contribution in [0.2, 0.25) is 0 Å². The average molecular weight is 567 g/mol. The molecule has 1 aliphatic rings. The first-order chi connectivity index (χ1) is 18.6. The number of rotatable bonds is 6. The number of hydrogen-bond acceptors (Lipinski definition) is 5. The van der Waals surface area contributed by atoms with Gasteiger partial charge < -0.3 is 5.32 Å². The molecule has 3 heterocycles. The second-order valence-corrected chi connectivity index (χ2v) is 12.4. The highest BCUT2D eigenvalue weighted by Gasteiger charge is 2.40.